The molecule has 2 nitrogen and oxygen atoms in total. The second kappa shape index (κ2) is 4.73. The first-order valence-electron chi connectivity index (χ1n) is 5.12. The van der Waals surface area contributed by atoms with Crippen molar-refractivity contribution in [2.24, 2.45) is 5.73 Å². The Morgan fingerprint density at radius 1 is 1.47 bits per heavy atom. The zero-order chi connectivity index (χ0) is 11.5. The maximum absolute atomic E-state index is 12.8. The molecule has 84 valence electrons. The lowest BCUT2D eigenvalue weighted by Gasteiger charge is -2.23. The Labute approximate surface area is 89.9 Å². The molecule has 15 heavy (non-hydrogen) atoms. The molecule has 0 heterocycles. The minimum absolute atomic E-state index is 0.241. The summed E-state index contributed by atoms with van der Waals surface area (Å²) in [4.78, 5) is 0. The van der Waals surface area contributed by atoms with Gasteiger partial charge in [-0.05, 0) is 50.1 Å². The highest BCUT2D eigenvalue weighted by molar-refractivity contribution is 5.27. The van der Waals surface area contributed by atoms with Gasteiger partial charge in [0.25, 0.3) is 0 Å². The lowest BCUT2D eigenvalue weighted by molar-refractivity contribution is 0.0537. The average molecular weight is 211 g/mol. The van der Waals surface area contributed by atoms with E-state index in [1.54, 1.807) is 13.0 Å². The summed E-state index contributed by atoms with van der Waals surface area (Å²) in [6.45, 7) is 4.05. The topological polar surface area (TPSA) is 46.2 Å². The summed E-state index contributed by atoms with van der Waals surface area (Å²) in [5.74, 6) is -0.241. The highest BCUT2D eigenvalue weighted by atomic mass is 19.1. The molecule has 0 amide bonds. The van der Waals surface area contributed by atoms with Crippen LogP contribution in [-0.2, 0) is 6.42 Å². The molecule has 0 radical (unpaired) electrons. The van der Waals surface area contributed by atoms with Crippen molar-refractivity contribution in [2.75, 3.05) is 6.54 Å². The van der Waals surface area contributed by atoms with Crippen molar-refractivity contribution in [3.63, 3.8) is 0 Å². The van der Waals surface area contributed by atoms with Gasteiger partial charge < -0.3 is 10.8 Å². The first kappa shape index (κ1) is 12.1. The fourth-order valence-corrected chi connectivity index (χ4v) is 1.67. The standard InChI is InChI=1S/C12H18FNO/c1-9-7-11(13)4-3-10(9)8-12(2,15)5-6-14/h3-4,7,15H,5-6,8,14H2,1-2H3. The van der Waals surface area contributed by atoms with E-state index in [9.17, 15) is 9.50 Å². The molecule has 0 saturated carbocycles. The van der Waals surface area contributed by atoms with E-state index in [2.05, 4.69) is 0 Å². The molecule has 1 rings (SSSR count). The van der Waals surface area contributed by atoms with E-state index in [0.29, 0.717) is 19.4 Å². The third-order valence-electron chi connectivity index (χ3n) is 2.56. The van der Waals surface area contributed by atoms with Crippen molar-refractivity contribution in [1.29, 1.82) is 0 Å². The number of aliphatic hydroxyl groups is 1. The second-order valence-electron chi connectivity index (χ2n) is 4.28. The van der Waals surface area contributed by atoms with E-state index in [1.165, 1.54) is 12.1 Å². The third kappa shape index (κ3) is 3.61. The predicted molar refractivity (Wildman–Crippen MR) is 59.1 cm³/mol. The fraction of sp³-hybridized carbons (Fsp3) is 0.500. The summed E-state index contributed by atoms with van der Waals surface area (Å²) >= 11 is 0. The average Bonchev–Trinajstić information content (AvgIpc) is 2.09. The van der Waals surface area contributed by atoms with Crippen LogP contribution in [0.3, 0.4) is 0 Å². The van der Waals surface area contributed by atoms with Gasteiger partial charge in [-0.25, -0.2) is 4.39 Å². The normalized spacial score (nSPS) is 15.0. The van der Waals surface area contributed by atoms with Crippen LogP contribution >= 0.6 is 0 Å². The van der Waals surface area contributed by atoms with Gasteiger partial charge in [-0.3, -0.25) is 0 Å². The molecular formula is C12H18FNO. The lowest BCUT2D eigenvalue weighted by Crippen LogP contribution is -2.30. The van der Waals surface area contributed by atoms with Crippen LogP contribution < -0.4 is 5.73 Å². The molecule has 0 bridgehead atoms. The Kier molecular flexibility index (Phi) is 3.83. The molecule has 0 aromatic heterocycles. The maximum Gasteiger partial charge on any atom is 0.123 e. The molecule has 1 aromatic rings. The maximum atomic E-state index is 12.8. The van der Waals surface area contributed by atoms with Crippen molar-refractivity contribution in [3.05, 3.63) is 35.1 Å². The number of aryl methyl sites for hydroxylation is 1. The van der Waals surface area contributed by atoms with Crippen LogP contribution in [0.5, 0.6) is 0 Å². The first-order chi connectivity index (χ1) is 6.94. The van der Waals surface area contributed by atoms with Crippen LogP contribution in [-0.4, -0.2) is 17.3 Å². The summed E-state index contributed by atoms with van der Waals surface area (Å²) in [6.07, 6.45) is 1.06. The van der Waals surface area contributed by atoms with Gasteiger partial charge in [0.2, 0.25) is 0 Å². The van der Waals surface area contributed by atoms with Gasteiger partial charge in [-0.2, -0.15) is 0 Å². The molecule has 0 aliphatic rings. The quantitative estimate of drug-likeness (QED) is 0.797. The zero-order valence-corrected chi connectivity index (χ0v) is 9.26. The SMILES string of the molecule is Cc1cc(F)ccc1CC(C)(O)CCN. The number of hydrogen-bond acceptors (Lipinski definition) is 2. The van der Waals surface area contributed by atoms with Crippen molar-refractivity contribution in [1.82, 2.24) is 0 Å². The van der Waals surface area contributed by atoms with Gasteiger partial charge in [0.1, 0.15) is 5.82 Å². The van der Waals surface area contributed by atoms with Crippen LogP contribution in [0.2, 0.25) is 0 Å². The molecule has 3 N–H and O–H groups in total. The minimum Gasteiger partial charge on any atom is -0.390 e. The molecule has 0 fully saturated rings. The largest absolute Gasteiger partial charge is 0.390 e. The van der Waals surface area contributed by atoms with Gasteiger partial charge in [0.15, 0.2) is 0 Å². The molecule has 0 aliphatic carbocycles. The van der Waals surface area contributed by atoms with Crippen LogP contribution in [0, 0.1) is 12.7 Å². The van der Waals surface area contributed by atoms with E-state index < -0.39 is 5.60 Å². The van der Waals surface area contributed by atoms with Crippen LogP contribution in [0.1, 0.15) is 24.5 Å². The Balaban J connectivity index is 2.80. The van der Waals surface area contributed by atoms with E-state index in [0.717, 1.165) is 11.1 Å². The molecular weight excluding hydrogens is 193 g/mol. The number of benzene rings is 1. The summed E-state index contributed by atoms with van der Waals surface area (Å²) in [6, 6.07) is 4.62. The summed E-state index contributed by atoms with van der Waals surface area (Å²) in [7, 11) is 0. The zero-order valence-electron chi connectivity index (χ0n) is 9.26. The minimum atomic E-state index is -0.808. The Hall–Kier alpha value is -0.930. The number of nitrogens with two attached hydrogens (primary N) is 1. The monoisotopic (exact) mass is 211 g/mol. The van der Waals surface area contributed by atoms with Crippen molar-refractivity contribution in [3.8, 4) is 0 Å². The van der Waals surface area contributed by atoms with Gasteiger partial charge in [-0.1, -0.05) is 6.07 Å². The number of halogens is 1. The number of hydrogen-bond donors (Lipinski definition) is 2. The smallest absolute Gasteiger partial charge is 0.123 e. The van der Waals surface area contributed by atoms with Crippen molar-refractivity contribution >= 4 is 0 Å². The Morgan fingerprint density at radius 3 is 2.67 bits per heavy atom. The highest BCUT2D eigenvalue weighted by Gasteiger charge is 2.20. The molecule has 1 unspecified atom stereocenters. The molecule has 3 heteroatoms. The fourth-order valence-electron chi connectivity index (χ4n) is 1.67. The van der Waals surface area contributed by atoms with E-state index in [1.807, 2.05) is 6.92 Å². The van der Waals surface area contributed by atoms with Gasteiger partial charge in [-0.15, -0.1) is 0 Å². The summed E-state index contributed by atoms with van der Waals surface area (Å²) < 4.78 is 12.8. The third-order valence-corrected chi connectivity index (χ3v) is 2.56. The predicted octanol–water partition coefficient (Wildman–Crippen LogP) is 1.78. The molecule has 1 atom stereocenters. The van der Waals surface area contributed by atoms with Crippen molar-refractivity contribution in [2.45, 2.75) is 32.3 Å². The van der Waals surface area contributed by atoms with Crippen LogP contribution in [0.25, 0.3) is 0 Å². The van der Waals surface area contributed by atoms with E-state index in [-0.39, 0.29) is 5.82 Å². The molecule has 1 aromatic carbocycles. The van der Waals surface area contributed by atoms with Gasteiger partial charge in [0.05, 0.1) is 5.60 Å². The summed E-state index contributed by atoms with van der Waals surface area (Å²) in [5.41, 5.74) is 6.44. The van der Waals surface area contributed by atoms with Crippen LogP contribution in [0.15, 0.2) is 18.2 Å². The van der Waals surface area contributed by atoms with Gasteiger partial charge >= 0.3 is 0 Å². The Bertz CT molecular complexity index is 336. The molecule has 0 aliphatic heterocycles. The molecule has 0 saturated heterocycles. The lowest BCUT2D eigenvalue weighted by atomic mass is 9.91. The molecule has 0 spiro atoms. The number of rotatable bonds is 4. The van der Waals surface area contributed by atoms with Crippen LogP contribution in [0.4, 0.5) is 4.39 Å². The first-order valence-corrected chi connectivity index (χ1v) is 5.12. The second-order valence-corrected chi connectivity index (χ2v) is 4.28. The Morgan fingerprint density at radius 2 is 2.13 bits per heavy atom. The van der Waals surface area contributed by atoms with E-state index in [4.69, 9.17) is 5.73 Å². The summed E-state index contributed by atoms with van der Waals surface area (Å²) in [5, 5.41) is 9.99. The van der Waals surface area contributed by atoms with Gasteiger partial charge in [0, 0.05) is 6.42 Å². The van der Waals surface area contributed by atoms with Crippen molar-refractivity contribution < 1.29 is 9.50 Å². The highest BCUT2D eigenvalue weighted by Crippen LogP contribution is 2.19. The van der Waals surface area contributed by atoms with E-state index >= 15 is 0 Å².